The lowest BCUT2D eigenvalue weighted by atomic mass is 10.2. The highest BCUT2D eigenvalue weighted by molar-refractivity contribution is 6.32. The van der Waals surface area contributed by atoms with Crippen LogP contribution in [0.2, 0.25) is 5.02 Å². The SMILES string of the molecule is Cc1cc(-c2ncccc2Cl)cnn1. The number of rotatable bonds is 1. The average Bonchev–Trinajstić information content (AvgIpc) is 2.18. The van der Waals surface area contributed by atoms with Gasteiger partial charge in [0, 0.05) is 11.8 Å². The van der Waals surface area contributed by atoms with Crippen LogP contribution < -0.4 is 0 Å². The molecule has 0 aliphatic heterocycles. The molecule has 0 unspecified atom stereocenters. The summed E-state index contributed by atoms with van der Waals surface area (Å²) in [5.41, 5.74) is 2.49. The summed E-state index contributed by atoms with van der Waals surface area (Å²) in [4.78, 5) is 4.19. The van der Waals surface area contributed by atoms with Gasteiger partial charge in [-0.05, 0) is 25.1 Å². The van der Waals surface area contributed by atoms with Crippen molar-refractivity contribution in [2.75, 3.05) is 0 Å². The maximum Gasteiger partial charge on any atom is 0.0904 e. The molecule has 0 N–H and O–H groups in total. The van der Waals surface area contributed by atoms with Crippen LogP contribution in [0.25, 0.3) is 11.3 Å². The van der Waals surface area contributed by atoms with Gasteiger partial charge in [-0.1, -0.05) is 11.6 Å². The van der Waals surface area contributed by atoms with Crippen molar-refractivity contribution >= 4 is 11.6 Å². The highest BCUT2D eigenvalue weighted by Crippen LogP contribution is 2.24. The highest BCUT2D eigenvalue weighted by Gasteiger charge is 2.04. The Balaban J connectivity index is 2.55. The molecular formula is C10H8ClN3. The van der Waals surface area contributed by atoms with Gasteiger partial charge in [-0.15, -0.1) is 0 Å². The molecule has 0 fully saturated rings. The van der Waals surface area contributed by atoms with Crippen LogP contribution in [0.3, 0.4) is 0 Å². The Morgan fingerprint density at radius 2 is 2.21 bits per heavy atom. The minimum Gasteiger partial charge on any atom is -0.255 e. The molecule has 0 radical (unpaired) electrons. The van der Waals surface area contributed by atoms with Crippen LogP contribution in [0.1, 0.15) is 5.69 Å². The van der Waals surface area contributed by atoms with E-state index < -0.39 is 0 Å². The third-order valence-electron chi connectivity index (χ3n) is 1.81. The fourth-order valence-corrected chi connectivity index (χ4v) is 1.43. The van der Waals surface area contributed by atoms with Crippen molar-refractivity contribution in [1.29, 1.82) is 0 Å². The van der Waals surface area contributed by atoms with Gasteiger partial charge in [-0.25, -0.2) is 0 Å². The van der Waals surface area contributed by atoms with Crippen LogP contribution in [-0.2, 0) is 0 Å². The van der Waals surface area contributed by atoms with E-state index in [4.69, 9.17) is 11.6 Å². The smallest absolute Gasteiger partial charge is 0.0904 e. The number of hydrogen-bond acceptors (Lipinski definition) is 3. The van der Waals surface area contributed by atoms with Crippen LogP contribution in [0.5, 0.6) is 0 Å². The first-order chi connectivity index (χ1) is 6.77. The molecular weight excluding hydrogens is 198 g/mol. The number of aryl methyl sites for hydroxylation is 1. The first kappa shape index (κ1) is 9.09. The van der Waals surface area contributed by atoms with Gasteiger partial charge in [0.15, 0.2) is 0 Å². The Kier molecular flexibility index (Phi) is 2.41. The summed E-state index contributed by atoms with van der Waals surface area (Å²) in [5, 5.41) is 8.35. The normalized spacial score (nSPS) is 10.1. The molecule has 14 heavy (non-hydrogen) atoms. The molecule has 0 aliphatic carbocycles. The van der Waals surface area contributed by atoms with Gasteiger partial charge in [0.05, 0.1) is 22.6 Å². The number of pyridine rings is 1. The first-order valence-electron chi connectivity index (χ1n) is 4.17. The van der Waals surface area contributed by atoms with Crippen LogP contribution >= 0.6 is 11.6 Å². The van der Waals surface area contributed by atoms with E-state index in [-0.39, 0.29) is 0 Å². The number of aromatic nitrogens is 3. The Hall–Kier alpha value is -1.48. The quantitative estimate of drug-likeness (QED) is 0.718. The molecule has 3 nitrogen and oxygen atoms in total. The molecule has 0 bridgehead atoms. The summed E-state index contributed by atoms with van der Waals surface area (Å²) in [6.07, 6.45) is 3.36. The molecule has 2 rings (SSSR count). The zero-order valence-electron chi connectivity index (χ0n) is 7.61. The molecule has 2 heterocycles. The van der Waals surface area contributed by atoms with E-state index in [2.05, 4.69) is 15.2 Å². The predicted molar refractivity (Wildman–Crippen MR) is 55.0 cm³/mol. The van der Waals surface area contributed by atoms with Crippen LogP contribution in [-0.4, -0.2) is 15.2 Å². The lowest BCUT2D eigenvalue weighted by molar-refractivity contribution is 0.981. The predicted octanol–water partition coefficient (Wildman–Crippen LogP) is 2.50. The van der Waals surface area contributed by atoms with Crippen molar-refractivity contribution in [3.05, 3.63) is 41.3 Å². The van der Waals surface area contributed by atoms with E-state index in [1.165, 1.54) is 0 Å². The Bertz CT molecular complexity index is 457. The summed E-state index contributed by atoms with van der Waals surface area (Å²) in [6, 6.07) is 5.51. The zero-order valence-corrected chi connectivity index (χ0v) is 8.36. The van der Waals surface area contributed by atoms with E-state index >= 15 is 0 Å². The van der Waals surface area contributed by atoms with Gasteiger partial charge < -0.3 is 0 Å². The second kappa shape index (κ2) is 3.72. The number of nitrogens with zero attached hydrogens (tertiary/aromatic N) is 3. The summed E-state index contributed by atoms with van der Waals surface area (Å²) < 4.78 is 0. The first-order valence-corrected chi connectivity index (χ1v) is 4.55. The molecule has 70 valence electrons. The molecule has 0 spiro atoms. The molecule has 0 aliphatic rings. The number of halogens is 1. The summed E-state index contributed by atoms with van der Waals surface area (Å²) in [5.74, 6) is 0. The summed E-state index contributed by atoms with van der Waals surface area (Å²) in [7, 11) is 0. The zero-order chi connectivity index (χ0) is 9.97. The Morgan fingerprint density at radius 3 is 2.93 bits per heavy atom. The fraction of sp³-hybridized carbons (Fsp3) is 0.100. The van der Waals surface area contributed by atoms with Crippen molar-refractivity contribution in [2.24, 2.45) is 0 Å². The lowest BCUT2D eigenvalue weighted by Gasteiger charge is -2.01. The minimum atomic E-state index is 0.625. The van der Waals surface area contributed by atoms with Crippen LogP contribution in [0.4, 0.5) is 0 Å². The molecule has 4 heteroatoms. The maximum atomic E-state index is 6.00. The van der Waals surface area contributed by atoms with Gasteiger partial charge in [-0.2, -0.15) is 10.2 Å². The molecule has 0 saturated carbocycles. The van der Waals surface area contributed by atoms with E-state index in [1.807, 2.05) is 13.0 Å². The van der Waals surface area contributed by atoms with Crippen molar-refractivity contribution in [1.82, 2.24) is 15.2 Å². The van der Waals surface area contributed by atoms with E-state index in [9.17, 15) is 0 Å². The largest absolute Gasteiger partial charge is 0.255 e. The number of hydrogen-bond donors (Lipinski definition) is 0. The van der Waals surface area contributed by atoms with Gasteiger partial charge in [0.25, 0.3) is 0 Å². The maximum absolute atomic E-state index is 6.00. The average molecular weight is 206 g/mol. The van der Waals surface area contributed by atoms with Crippen LogP contribution in [0, 0.1) is 6.92 Å². The fourth-order valence-electron chi connectivity index (χ4n) is 1.20. The Morgan fingerprint density at radius 1 is 1.36 bits per heavy atom. The van der Waals surface area contributed by atoms with E-state index in [0.29, 0.717) is 5.02 Å². The van der Waals surface area contributed by atoms with Gasteiger partial charge in [-0.3, -0.25) is 4.98 Å². The van der Waals surface area contributed by atoms with Gasteiger partial charge in [0.1, 0.15) is 0 Å². The van der Waals surface area contributed by atoms with E-state index in [0.717, 1.165) is 17.0 Å². The molecule has 0 amide bonds. The minimum absolute atomic E-state index is 0.625. The third-order valence-corrected chi connectivity index (χ3v) is 2.11. The van der Waals surface area contributed by atoms with Crippen molar-refractivity contribution < 1.29 is 0 Å². The van der Waals surface area contributed by atoms with Crippen molar-refractivity contribution in [3.63, 3.8) is 0 Å². The molecule has 0 saturated heterocycles. The van der Waals surface area contributed by atoms with E-state index in [1.54, 1.807) is 24.5 Å². The summed E-state index contributed by atoms with van der Waals surface area (Å²) in [6.45, 7) is 1.88. The second-order valence-electron chi connectivity index (χ2n) is 2.92. The summed E-state index contributed by atoms with van der Waals surface area (Å²) >= 11 is 6.00. The third kappa shape index (κ3) is 1.72. The molecule has 0 aromatic carbocycles. The molecule has 0 atom stereocenters. The molecule has 2 aromatic heterocycles. The second-order valence-corrected chi connectivity index (χ2v) is 3.33. The highest BCUT2D eigenvalue weighted by atomic mass is 35.5. The van der Waals surface area contributed by atoms with Gasteiger partial charge >= 0.3 is 0 Å². The van der Waals surface area contributed by atoms with Crippen molar-refractivity contribution in [3.8, 4) is 11.3 Å². The monoisotopic (exact) mass is 205 g/mol. The standard InChI is InChI=1S/C10H8ClN3/c1-7-5-8(6-13-14-7)10-9(11)3-2-4-12-10/h2-6H,1H3. The van der Waals surface area contributed by atoms with Gasteiger partial charge in [0.2, 0.25) is 0 Å². The topological polar surface area (TPSA) is 38.7 Å². The van der Waals surface area contributed by atoms with Crippen molar-refractivity contribution in [2.45, 2.75) is 6.92 Å². The van der Waals surface area contributed by atoms with Crippen LogP contribution in [0.15, 0.2) is 30.6 Å². The molecule has 2 aromatic rings. The lowest BCUT2D eigenvalue weighted by Crippen LogP contribution is -1.90. The Labute approximate surface area is 86.8 Å².